The Morgan fingerprint density at radius 3 is 2.19 bits per heavy atom. The minimum absolute atomic E-state index is 0.0785. The molecule has 0 aromatic heterocycles. The van der Waals surface area contributed by atoms with Crippen molar-refractivity contribution in [3.63, 3.8) is 0 Å². The molecule has 0 saturated heterocycles. The Kier molecular flexibility index (Phi) is 5.50. The molecule has 3 aromatic carbocycles. The third-order valence-corrected chi connectivity index (χ3v) is 5.44. The van der Waals surface area contributed by atoms with Crippen LogP contribution in [-0.2, 0) is 9.59 Å². The normalized spacial score (nSPS) is 13.7. The van der Waals surface area contributed by atoms with E-state index >= 15 is 0 Å². The van der Waals surface area contributed by atoms with Crippen molar-refractivity contribution in [2.24, 2.45) is 0 Å². The highest BCUT2D eigenvalue weighted by molar-refractivity contribution is 6.46. The number of aryl methyl sites for hydroxylation is 2. The van der Waals surface area contributed by atoms with Crippen LogP contribution in [0.3, 0.4) is 0 Å². The van der Waals surface area contributed by atoms with Gasteiger partial charge in [-0.05, 0) is 61.4 Å². The number of halogens is 1. The first kappa shape index (κ1) is 21.3. The number of carbonyl (C=O) groups is 2. The summed E-state index contributed by atoms with van der Waals surface area (Å²) >= 11 is 6.12. The molecule has 0 atom stereocenters. The van der Waals surface area contributed by atoms with Crippen LogP contribution in [0.5, 0.6) is 0 Å². The fourth-order valence-corrected chi connectivity index (χ4v) is 3.63. The molecule has 3 aromatic rings. The largest absolute Gasteiger partial charge is 0.350 e. The molecule has 0 saturated carbocycles. The third-order valence-electron chi connectivity index (χ3n) is 5.20. The SMILES string of the molecule is Cc1ccc(N2C(=O)C(Nc3cc(Cl)ccc3C)=C(c3ccc([N+](=O)[O-])cc3)C2=O)cc1. The number of benzene rings is 3. The number of non-ortho nitro benzene ring substituents is 1. The van der Waals surface area contributed by atoms with E-state index in [-0.39, 0.29) is 17.0 Å². The molecule has 2 amide bonds. The Morgan fingerprint density at radius 2 is 1.56 bits per heavy atom. The molecular formula is C24H18ClN3O4. The van der Waals surface area contributed by atoms with E-state index in [2.05, 4.69) is 5.32 Å². The number of hydrogen-bond acceptors (Lipinski definition) is 5. The lowest BCUT2D eigenvalue weighted by molar-refractivity contribution is -0.384. The van der Waals surface area contributed by atoms with E-state index < -0.39 is 16.7 Å². The molecular weight excluding hydrogens is 430 g/mol. The van der Waals surface area contributed by atoms with E-state index in [1.165, 1.54) is 24.3 Å². The van der Waals surface area contributed by atoms with Crippen molar-refractivity contribution >= 4 is 46.1 Å². The summed E-state index contributed by atoms with van der Waals surface area (Å²) in [5.41, 5.74) is 3.33. The predicted octanol–water partition coefficient (Wildman–Crippen LogP) is 5.26. The summed E-state index contributed by atoms with van der Waals surface area (Å²) in [5.74, 6) is -1.04. The Bertz CT molecular complexity index is 1280. The number of imide groups is 1. The Balaban J connectivity index is 1.84. The van der Waals surface area contributed by atoms with Gasteiger partial charge in [0.25, 0.3) is 17.5 Å². The molecule has 4 rings (SSSR count). The number of rotatable bonds is 5. The molecule has 1 N–H and O–H groups in total. The van der Waals surface area contributed by atoms with E-state index in [4.69, 9.17) is 11.6 Å². The van der Waals surface area contributed by atoms with Gasteiger partial charge in [-0.15, -0.1) is 0 Å². The van der Waals surface area contributed by atoms with Crippen LogP contribution in [0.1, 0.15) is 16.7 Å². The molecule has 1 aliphatic rings. The van der Waals surface area contributed by atoms with E-state index in [1.54, 1.807) is 30.3 Å². The average molecular weight is 448 g/mol. The number of hydrogen-bond donors (Lipinski definition) is 1. The quantitative estimate of drug-likeness (QED) is 0.327. The summed E-state index contributed by atoms with van der Waals surface area (Å²) in [7, 11) is 0. The van der Waals surface area contributed by atoms with Crippen LogP contribution < -0.4 is 10.2 Å². The minimum Gasteiger partial charge on any atom is -0.350 e. The summed E-state index contributed by atoms with van der Waals surface area (Å²) in [5, 5.41) is 14.6. The molecule has 0 fully saturated rings. The van der Waals surface area contributed by atoms with Crippen LogP contribution >= 0.6 is 11.6 Å². The molecule has 0 radical (unpaired) electrons. The number of anilines is 2. The van der Waals surface area contributed by atoms with E-state index in [0.29, 0.717) is 22.0 Å². The third kappa shape index (κ3) is 3.86. The van der Waals surface area contributed by atoms with Gasteiger partial charge >= 0.3 is 0 Å². The summed E-state index contributed by atoms with van der Waals surface area (Å²) in [6.07, 6.45) is 0. The number of nitrogens with zero attached hydrogens (tertiary/aromatic N) is 2. The van der Waals surface area contributed by atoms with Crippen LogP contribution in [0.15, 0.2) is 72.4 Å². The minimum atomic E-state index is -0.522. The summed E-state index contributed by atoms with van der Waals surface area (Å²) in [4.78, 5) is 38.4. The predicted molar refractivity (Wildman–Crippen MR) is 124 cm³/mol. The number of nitrogens with one attached hydrogen (secondary N) is 1. The van der Waals surface area contributed by atoms with Crippen molar-refractivity contribution < 1.29 is 14.5 Å². The van der Waals surface area contributed by atoms with Gasteiger partial charge < -0.3 is 5.32 Å². The van der Waals surface area contributed by atoms with Gasteiger partial charge in [0.2, 0.25) is 0 Å². The lowest BCUT2D eigenvalue weighted by Crippen LogP contribution is -2.32. The first-order valence-corrected chi connectivity index (χ1v) is 10.1. The zero-order valence-corrected chi connectivity index (χ0v) is 18.0. The smallest absolute Gasteiger partial charge is 0.282 e. The molecule has 7 nitrogen and oxygen atoms in total. The van der Waals surface area contributed by atoms with Crippen molar-refractivity contribution in [3.05, 3.63) is 104 Å². The molecule has 8 heteroatoms. The van der Waals surface area contributed by atoms with Crippen molar-refractivity contribution in [1.29, 1.82) is 0 Å². The highest BCUT2D eigenvalue weighted by Crippen LogP contribution is 2.35. The number of nitro groups is 1. The number of amides is 2. The number of nitro benzene ring substituents is 1. The maximum Gasteiger partial charge on any atom is 0.282 e. The first-order valence-electron chi connectivity index (χ1n) is 9.74. The second-order valence-electron chi connectivity index (χ2n) is 7.42. The fraction of sp³-hybridized carbons (Fsp3) is 0.0833. The summed E-state index contributed by atoms with van der Waals surface area (Å²) in [6.45, 7) is 3.76. The monoisotopic (exact) mass is 447 g/mol. The molecule has 0 spiro atoms. The molecule has 1 heterocycles. The molecule has 1 aliphatic heterocycles. The van der Waals surface area contributed by atoms with Gasteiger partial charge in [-0.2, -0.15) is 0 Å². The lowest BCUT2D eigenvalue weighted by atomic mass is 10.0. The van der Waals surface area contributed by atoms with Crippen LogP contribution in [0.4, 0.5) is 17.1 Å². The number of carbonyl (C=O) groups excluding carboxylic acids is 2. The van der Waals surface area contributed by atoms with Crippen molar-refractivity contribution in [2.45, 2.75) is 13.8 Å². The van der Waals surface area contributed by atoms with Crippen LogP contribution in [0, 0.1) is 24.0 Å². The Morgan fingerprint density at radius 1 is 0.906 bits per heavy atom. The van der Waals surface area contributed by atoms with Gasteiger partial charge in [-0.3, -0.25) is 19.7 Å². The maximum atomic E-state index is 13.4. The zero-order valence-electron chi connectivity index (χ0n) is 17.3. The van der Waals surface area contributed by atoms with E-state index in [1.807, 2.05) is 26.0 Å². The Hall–Kier alpha value is -3.97. The lowest BCUT2D eigenvalue weighted by Gasteiger charge is -2.16. The van der Waals surface area contributed by atoms with Crippen LogP contribution in [-0.4, -0.2) is 16.7 Å². The highest BCUT2D eigenvalue weighted by atomic mass is 35.5. The molecule has 0 aliphatic carbocycles. The second-order valence-corrected chi connectivity index (χ2v) is 7.86. The van der Waals surface area contributed by atoms with Crippen molar-refractivity contribution in [2.75, 3.05) is 10.2 Å². The van der Waals surface area contributed by atoms with Gasteiger partial charge in [0.15, 0.2) is 0 Å². The standard InChI is InChI=1S/C24H18ClN3O4/c1-14-3-9-18(10-4-14)27-23(29)21(16-6-11-19(12-7-16)28(31)32)22(24(27)30)26-20-13-17(25)8-5-15(20)2/h3-13,26H,1-2H3. The van der Waals surface area contributed by atoms with Gasteiger partial charge in [0.1, 0.15) is 5.70 Å². The van der Waals surface area contributed by atoms with E-state index in [0.717, 1.165) is 16.0 Å². The summed E-state index contributed by atoms with van der Waals surface area (Å²) < 4.78 is 0. The van der Waals surface area contributed by atoms with Crippen LogP contribution in [0.25, 0.3) is 5.57 Å². The first-order chi connectivity index (χ1) is 15.3. The average Bonchev–Trinajstić information content (AvgIpc) is 3.01. The maximum absolute atomic E-state index is 13.4. The van der Waals surface area contributed by atoms with Gasteiger partial charge in [0, 0.05) is 22.8 Å². The van der Waals surface area contributed by atoms with Crippen molar-refractivity contribution in [1.82, 2.24) is 0 Å². The van der Waals surface area contributed by atoms with Crippen LogP contribution in [0.2, 0.25) is 5.02 Å². The molecule has 160 valence electrons. The van der Waals surface area contributed by atoms with Gasteiger partial charge in [-0.25, -0.2) is 4.90 Å². The van der Waals surface area contributed by atoms with Crippen molar-refractivity contribution in [3.8, 4) is 0 Å². The zero-order chi connectivity index (χ0) is 23.0. The van der Waals surface area contributed by atoms with Gasteiger partial charge in [-0.1, -0.05) is 35.4 Å². The highest BCUT2D eigenvalue weighted by Gasteiger charge is 2.40. The second kappa shape index (κ2) is 8.28. The summed E-state index contributed by atoms with van der Waals surface area (Å²) in [6, 6.07) is 17.8. The molecule has 32 heavy (non-hydrogen) atoms. The molecule has 0 unspecified atom stereocenters. The Labute approximate surface area is 189 Å². The van der Waals surface area contributed by atoms with E-state index in [9.17, 15) is 19.7 Å². The molecule has 0 bridgehead atoms. The topological polar surface area (TPSA) is 92.6 Å². The fourth-order valence-electron chi connectivity index (χ4n) is 3.46. The van der Waals surface area contributed by atoms with Gasteiger partial charge in [0.05, 0.1) is 16.2 Å².